The van der Waals surface area contributed by atoms with Gasteiger partial charge in [0, 0.05) is 11.2 Å². The summed E-state index contributed by atoms with van der Waals surface area (Å²) in [5.41, 5.74) is 1.52. The summed E-state index contributed by atoms with van der Waals surface area (Å²) < 4.78 is 0. The quantitative estimate of drug-likeness (QED) is 0.800. The minimum Gasteiger partial charge on any atom is -0.390 e. The molecule has 4 nitrogen and oxygen atoms in total. The Labute approximate surface area is 137 Å². The normalized spacial score (nSPS) is 37.8. The fourth-order valence-corrected chi connectivity index (χ4v) is 5.53. The first-order valence-corrected chi connectivity index (χ1v) is 8.78. The topological polar surface area (TPSA) is 61.4 Å². The largest absolute Gasteiger partial charge is 0.390 e. The lowest BCUT2D eigenvalue weighted by Crippen LogP contribution is -2.65. The van der Waals surface area contributed by atoms with Crippen LogP contribution in [0.2, 0.25) is 0 Å². The summed E-state index contributed by atoms with van der Waals surface area (Å²) in [5.74, 6) is 1.26. The van der Waals surface area contributed by atoms with E-state index in [4.69, 9.17) is 0 Å². The highest BCUT2D eigenvalue weighted by molar-refractivity contribution is 5.92. The number of carbonyl (C=O) groups is 1. The van der Waals surface area contributed by atoms with E-state index in [1.165, 1.54) is 12.0 Å². The molecule has 4 saturated carbocycles. The standard InChI is InChI=1S/C19H26N2O2/c1-13-2-4-16(5-3-13)21-17(22)11-20-18-7-14-6-15(8-18)10-19(23,9-14)12-18/h2-5,14-15,20,23H,6-12H2,1H3,(H,21,22). The molecule has 1 aromatic rings. The number of benzene rings is 1. The molecular weight excluding hydrogens is 288 g/mol. The van der Waals surface area contributed by atoms with E-state index in [1.54, 1.807) is 0 Å². The molecule has 1 aromatic carbocycles. The van der Waals surface area contributed by atoms with Crippen LogP contribution in [0.5, 0.6) is 0 Å². The van der Waals surface area contributed by atoms with Gasteiger partial charge in [-0.15, -0.1) is 0 Å². The molecular formula is C19H26N2O2. The molecule has 0 radical (unpaired) electrons. The second-order valence-electron chi connectivity index (χ2n) is 8.23. The minimum atomic E-state index is -0.482. The molecule has 2 atom stereocenters. The van der Waals surface area contributed by atoms with Crippen LogP contribution in [-0.2, 0) is 4.79 Å². The van der Waals surface area contributed by atoms with Crippen molar-refractivity contribution in [1.29, 1.82) is 0 Å². The van der Waals surface area contributed by atoms with Gasteiger partial charge < -0.3 is 15.7 Å². The summed E-state index contributed by atoms with van der Waals surface area (Å²) in [5, 5.41) is 17.2. The van der Waals surface area contributed by atoms with Crippen LogP contribution in [0.4, 0.5) is 5.69 Å². The van der Waals surface area contributed by atoms with E-state index in [-0.39, 0.29) is 11.4 Å². The van der Waals surface area contributed by atoms with Crippen molar-refractivity contribution < 1.29 is 9.90 Å². The molecule has 4 heteroatoms. The van der Waals surface area contributed by atoms with E-state index in [0.717, 1.165) is 37.8 Å². The maximum absolute atomic E-state index is 12.2. The molecule has 4 fully saturated rings. The molecule has 0 saturated heterocycles. The zero-order chi connectivity index (χ0) is 16.1. The molecule has 4 bridgehead atoms. The van der Waals surface area contributed by atoms with Crippen LogP contribution in [0.1, 0.15) is 44.1 Å². The van der Waals surface area contributed by atoms with Crippen LogP contribution in [0.3, 0.4) is 0 Å². The number of hydrogen-bond donors (Lipinski definition) is 3. The van der Waals surface area contributed by atoms with Crippen molar-refractivity contribution in [3.05, 3.63) is 29.8 Å². The van der Waals surface area contributed by atoms with Gasteiger partial charge in [-0.05, 0) is 69.4 Å². The van der Waals surface area contributed by atoms with Crippen molar-refractivity contribution in [2.24, 2.45) is 11.8 Å². The molecule has 2 unspecified atom stereocenters. The summed E-state index contributed by atoms with van der Waals surface area (Å²) in [7, 11) is 0. The first kappa shape index (κ1) is 15.2. The first-order valence-electron chi connectivity index (χ1n) is 8.78. The Morgan fingerprint density at radius 1 is 1.17 bits per heavy atom. The maximum atomic E-state index is 12.2. The van der Waals surface area contributed by atoms with Crippen molar-refractivity contribution in [2.45, 2.75) is 56.6 Å². The van der Waals surface area contributed by atoms with E-state index in [0.29, 0.717) is 18.4 Å². The van der Waals surface area contributed by atoms with Crippen LogP contribution in [-0.4, -0.2) is 28.7 Å². The number of carbonyl (C=O) groups excluding carboxylic acids is 1. The minimum absolute atomic E-state index is 0.00316. The van der Waals surface area contributed by atoms with Crippen molar-refractivity contribution in [3.8, 4) is 0 Å². The number of amides is 1. The second-order valence-corrected chi connectivity index (χ2v) is 8.23. The fraction of sp³-hybridized carbons (Fsp3) is 0.632. The van der Waals surface area contributed by atoms with Gasteiger partial charge in [0.2, 0.25) is 5.91 Å². The third kappa shape index (κ3) is 3.02. The monoisotopic (exact) mass is 314 g/mol. The molecule has 0 aliphatic heterocycles. The molecule has 23 heavy (non-hydrogen) atoms. The van der Waals surface area contributed by atoms with Gasteiger partial charge in [0.15, 0.2) is 0 Å². The zero-order valence-electron chi connectivity index (χ0n) is 13.8. The van der Waals surface area contributed by atoms with Crippen LogP contribution in [0, 0.1) is 18.8 Å². The summed E-state index contributed by atoms with van der Waals surface area (Å²) in [6.07, 6.45) is 6.23. The Hall–Kier alpha value is -1.39. The third-order valence-corrected chi connectivity index (χ3v) is 5.99. The first-order chi connectivity index (χ1) is 10.9. The fourth-order valence-electron chi connectivity index (χ4n) is 5.53. The lowest BCUT2D eigenvalue weighted by Gasteiger charge is -2.60. The molecule has 4 aliphatic rings. The Bertz CT molecular complexity index is 596. The molecule has 0 heterocycles. The predicted molar refractivity (Wildman–Crippen MR) is 90.2 cm³/mol. The third-order valence-electron chi connectivity index (χ3n) is 5.99. The number of nitrogens with one attached hydrogen (secondary N) is 2. The van der Waals surface area contributed by atoms with Gasteiger partial charge in [0.1, 0.15) is 0 Å². The van der Waals surface area contributed by atoms with Gasteiger partial charge in [-0.25, -0.2) is 0 Å². The molecule has 5 rings (SSSR count). The van der Waals surface area contributed by atoms with Crippen LogP contribution >= 0.6 is 0 Å². The van der Waals surface area contributed by atoms with E-state index in [9.17, 15) is 9.90 Å². The lowest BCUT2D eigenvalue weighted by molar-refractivity contribution is -0.144. The summed E-state index contributed by atoms with van der Waals surface area (Å²) in [6, 6.07) is 7.86. The van der Waals surface area contributed by atoms with Crippen LogP contribution in [0.15, 0.2) is 24.3 Å². The van der Waals surface area contributed by atoms with Crippen molar-refractivity contribution >= 4 is 11.6 Å². The Balaban J connectivity index is 1.37. The van der Waals surface area contributed by atoms with E-state index in [1.807, 2.05) is 31.2 Å². The molecule has 124 valence electrons. The SMILES string of the molecule is Cc1ccc(NC(=O)CNC23CC4CC(CC(O)(C4)C2)C3)cc1. The van der Waals surface area contributed by atoms with Gasteiger partial charge in [-0.2, -0.15) is 0 Å². The van der Waals surface area contributed by atoms with E-state index >= 15 is 0 Å². The predicted octanol–water partition coefficient (Wildman–Crippen LogP) is 2.61. The summed E-state index contributed by atoms with van der Waals surface area (Å²) in [4.78, 5) is 12.2. The number of hydrogen-bond acceptors (Lipinski definition) is 3. The van der Waals surface area contributed by atoms with E-state index in [2.05, 4.69) is 10.6 Å². The molecule has 0 aromatic heterocycles. The van der Waals surface area contributed by atoms with Crippen LogP contribution in [0.25, 0.3) is 0 Å². The molecule has 4 aliphatic carbocycles. The van der Waals surface area contributed by atoms with E-state index < -0.39 is 5.60 Å². The molecule has 0 spiro atoms. The van der Waals surface area contributed by atoms with Crippen LogP contribution < -0.4 is 10.6 Å². The average molecular weight is 314 g/mol. The highest BCUT2D eigenvalue weighted by Crippen LogP contribution is 2.57. The zero-order valence-corrected chi connectivity index (χ0v) is 13.8. The maximum Gasteiger partial charge on any atom is 0.238 e. The van der Waals surface area contributed by atoms with Crippen molar-refractivity contribution in [2.75, 3.05) is 11.9 Å². The molecule has 1 amide bonds. The number of anilines is 1. The van der Waals surface area contributed by atoms with Gasteiger partial charge in [0.05, 0.1) is 12.1 Å². The van der Waals surface area contributed by atoms with Gasteiger partial charge >= 0.3 is 0 Å². The Kier molecular flexibility index (Phi) is 3.50. The average Bonchev–Trinajstić information content (AvgIpc) is 2.45. The van der Waals surface area contributed by atoms with Crippen molar-refractivity contribution in [3.63, 3.8) is 0 Å². The number of rotatable bonds is 4. The highest BCUT2D eigenvalue weighted by atomic mass is 16.3. The van der Waals surface area contributed by atoms with Gasteiger partial charge in [0.25, 0.3) is 0 Å². The Morgan fingerprint density at radius 2 is 1.83 bits per heavy atom. The lowest BCUT2D eigenvalue weighted by atomic mass is 9.51. The van der Waals surface area contributed by atoms with Crippen molar-refractivity contribution in [1.82, 2.24) is 5.32 Å². The smallest absolute Gasteiger partial charge is 0.238 e. The second kappa shape index (κ2) is 5.32. The summed E-state index contributed by atoms with van der Waals surface area (Å²) >= 11 is 0. The highest BCUT2D eigenvalue weighted by Gasteiger charge is 2.56. The van der Waals surface area contributed by atoms with Gasteiger partial charge in [-0.1, -0.05) is 17.7 Å². The Morgan fingerprint density at radius 3 is 2.43 bits per heavy atom. The number of aliphatic hydroxyl groups is 1. The summed E-state index contributed by atoms with van der Waals surface area (Å²) in [6.45, 7) is 2.36. The van der Waals surface area contributed by atoms with Gasteiger partial charge in [-0.3, -0.25) is 4.79 Å². The molecule has 3 N–H and O–H groups in total. The number of aryl methyl sites for hydroxylation is 1.